The summed E-state index contributed by atoms with van der Waals surface area (Å²) in [7, 11) is 2.17. The van der Waals surface area contributed by atoms with Gasteiger partial charge in [0.1, 0.15) is 0 Å². The molecule has 110 valence electrons. The second kappa shape index (κ2) is 7.47. The van der Waals surface area contributed by atoms with Crippen LogP contribution < -0.4 is 5.32 Å². The van der Waals surface area contributed by atoms with Crippen LogP contribution in [0.1, 0.15) is 71.6 Å². The van der Waals surface area contributed by atoms with Crippen LogP contribution in [0.2, 0.25) is 0 Å². The Labute approximate surface area is 120 Å². The van der Waals surface area contributed by atoms with Crippen molar-refractivity contribution >= 4 is 0 Å². The van der Waals surface area contributed by atoms with Crippen LogP contribution in [0, 0.1) is 17.8 Å². The zero-order valence-electron chi connectivity index (χ0n) is 13.3. The van der Waals surface area contributed by atoms with Crippen LogP contribution in [0.25, 0.3) is 0 Å². The number of hydrogen-bond acceptors (Lipinski definition) is 1. The lowest BCUT2D eigenvalue weighted by atomic mass is 9.73. The summed E-state index contributed by atoms with van der Waals surface area (Å²) in [6, 6.07) is 0.672. The summed E-state index contributed by atoms with van der Waals surface area (Å²) in [4.78, 5) is 0. The first kappa shape index (κ1) is 15.1. The highest BCUT2D eigenvalue weighted by Crippen LogP contribution is 2.37. The molecular formula is C18H33N. The molecule has 2 aliphatic carbocycles. The summed E-state index contributed by atoms with van der Waals surface area (Å²) in [6.07, 6.45) is 15.2. The van der Waals surface area contributed by atoms with Crippen LogP contribution in [0.5, 0.6) is 0 Å². The van der Waals surface area contributed by atoms with Crippen LogP contribution in [0.15, 0.2) is 11.6 Å². The molecule has 2 rings (SSSR count). The number of hydrogen-bond donors (Lipinski definition) is 1. The molecule has 0 spiro atoms. The van der Waals surface area contributed by atoms with E-state index in [1.54, 1.807) is 5.57 Å². The Morgan fingerprint density at radius 3 is 2.32 bits per heavy atom. The maximum Gasteiger partial charge on any atom is 0.0305 e. The smallest absolute Gasteiger partial charge is 0.0305 e. The Kier molecular flexibility index (Phi) is 5.94. The van der Waals surface area contributed by atoms with Gasteiger partial charge in [-0.05, 0) is 76.2 Å². The maximum atomic E-state index is 3.65. The van der Waals surface area contributed by atoms with Crippen molar-refractivity contribution in [3.05, 3.63) is 11.6 Å². The van der Waals surface area contributed by atoms with Gasteiger partial charge in [0.25, 0.3) is 0 Å². The van der Waals surface area contributed by atoms with Crippen molar-refractivity contribution in [3.63, 3.8) is 0 Å². The van der Waals surface area contributed by atoms with E-state index in [1.165, 1.54) is 57.8 Å². The third-order valence-electron chi connectivity index (χ3n) is 5.52. The number of rotatable bonds is 4. The van der Waals surface area contributed by atoms with Gasteiger partial charge in [-0.2, -0.15) is 0 Å². The second-order valence-electron chi connectivity index (χ2n) is 7.06. The lowest BCUT2D eigenvalue weighted by Crippen LogP contribution is -2.38. The van der Waals surface area contributed by atoms with E-state index in [4.69, 9.17) is 0 Å². The number of nitrogens with one attached hydrogen (secondary N) is 1. The molecule has 0 aromatic carbocycles. The average Bonchev–Trinajstić information content (AvgIpc) is 2.69. The molecule has 1 N–H and O–H groups in total. The fourth-order valence-electron chi connectivity index (χ4n) is 4.19. The molecule has 1 atom stereocenters. The standard InChI is InChI=1S/C18H33N/c1-14(2)15-10-12-17(13-11-15)18(19-3)16-8-6-4-5-7-9-16/h8,14-15,17-19H,4-7,9-13H2,1-3H3. The molecule has 1 fully saturated rings. The van der Waals surface area contributed by atoms with Gasteiger partial charge in [0.15, 0.2) is 0 Å². The van der Waals surface area contributed by atoms with Crippen LogP contribution in [0.4, 0.5) is 0 Å². The van der Waals surface area contributed by atoms with E-state index in [1.807, 2.05) is 0 Å². The molecule has 0 bridgehead atoms. The van der Waals surface area contributed by atoms with E-state index >= 15 is 0 Å². The SMILES string of the molecule is CNC(C1=CCCCCC1)C1CCC(C(C)C)CC1. The minimum absolute atomic E-state index is 0.672. The molecule has 0 aromatic rings. The van der Waals surface area contributed by atoms with Crippen molar-refractivity contribution in [1.29, 1.82) is 0 Å². The van der Waals surface area contributed by atoms with Gasteiger partial charge in [0, 0.05) is 6.04 Å². The van der Waals surface area contributed by atoms with Gasteiger partial charge in [0.05, 0.1) is 0 Å². The van der Waals surface area contributed by atoms with E-state index in [9.17, 15) is 0 Å². The Morgan fingerprint density at radius 2 is 1.68 bits per heavy atom. The Morgan fingerprint density at radius 1 is 1.00 bits per heavy atom. The highest BCUT2D eigenvalue weighted by atomic mass is 14.9. The Balaban J connectivity index is 1.93. The summed E-state index contributed by atoms with van der Waals surface area (Å²) in [5, 5.41) is 3.65. The zero-order chi connectivity index (χ0) is 13.7. The highest BCUT2D eigenvalue weighted by molar-refractivity contribution is 5.14. The quantitative estimate of drug-likeness (QED) is 0.709. The summed E-state index contributed by atoms with van der Waals surface area (Å²) in [6.45, 7) is 4.79. The van der Waals surface area contributed by atoms with E-state index in [2.05, 4.69) is 32.3 Å². The zero-order valence-corrected chi connectivity index (χ0v) is 13.3. The topological polar surface area (TPSA) is 12.0 Å². The van der Waals surface area contributed by atoms with Crippen molar-refractivity contribution < 1.29 is 0 Å². The third-order valence-corrected chi connectivity index (χ3v) is 5.52. The predicted molar refractivity (Wildman–Crippen MR) is 84.3 cm³/mol. The molecular weight excluding hydrogens is 230 g/mol. The first-order valence-electron chi connectivity index (χ1n) is 8.58. The van der Waals surface area contributed by atoms with Gasteiger partial charge in [-0.25, -0.2) is 0 Å². The summed E-state index contributed by atoms with van der Waals surface area (Å²) >= 11 is 0. The fourth-order valence-corrected chi connectivity index (χ4v) is 4.19. The molecule has 0 saturated heterocycles. The average molecular weight is 263 g/mol. The van der Waals surface area contributed by atoms with Gasteiger partial charge in [0.2, 0.25) is 0 Å². The van der Waals surface area contributed by atoms with Gasteiger partial charge in [-0.15, -0.1) is 0 Å². The lowest BCUT2D eigenvalue weighted by molar-refractivity contribution is 0.201. The van der Waals surface area contributed by atoms with Crippen LogP contribution in [-0.2, 0) is 0 Å². The lowest BCUT2D eigenvalue weighted by Gasteiger charge is -2.36. The van der Waals surface area contributed by atoms with Gasteiger partial charge >= 0.3 is 0 Å². The molecule has 1 nitrogen and oxygen atoms in total. The van der Waals surface area contributed by atoms with Gasteiger partial charge < -0.3 is 5.32 Å². The second-order valence-corrected chi connectivity index (χ2v) is 7.06. The summed E-state index contributed by atoms with van der Waals surface area (Å²) in [5.74, 6) is 2.76. The molecule has 0 aliphatic heterocycles. The molecule has 1 unspecified atom stereocenters. The fraction of sp³-hybridized carbons (Fsp3) is 0.889. The van der Waals surface area contributed by atoms with Crippen molar-refractivity contribution in [2.75, 3.05) is 7.05 Å². The van der Waals surface area contributed by atoms with Crippen LogP contribution in [0.3, 0.4) is 0 Å². The van der Waals surface area contributed by atoms with E-state index < -0.39 is 0 Å². The maximum absolute atomic E-state index is 3.65. The van der Waals surface area contributed by atoms with Crippen molar-refractivity contribution in [1.82, 2.24) is 5.32 Å². The third kappa shape index (κ3) is 4.08. The molecule has 0 heterocycles. The van der Waals surface area contributed by atoms with Crippen molar-refractivity contribution in [2.45, 2.75) is 77.7 Å². The monoisotopic (exact) mass is 263 g/mol. The van der Waals surface area contributed by atoms with Gasteiger partial charge in [-0.1, -0.05) is 31.9 Å². The van der Waals surface area contributed by atoms with Crippen LogP contribution in [-0.4, -0.2) is 13.1 Å². The number of likely N-dealkylation sites (N-methyl/N-ethyl adjacent to an activating group) is 1. The molecule has 0 amide bonds. The molecule has 1 saturated carbocycles. The Hall–Kier alpha value is -0.300. The number of allylic oxidation sites excluding steroid dienone is 1. The molecule has 2 aliphatic rings. The van der Waals surface area contributed by atoms with Crippen molar-refractivity contribution in [2.24, 2.45) is 17.8 Å². The van der Waals surface area contributed by atoms with Crippen molar-refractivity contribution in [3.8, 4) is 0 Å². The molecule has 1 heteroatoms. The minimum atomic E-state index is 0.672. The normalized spacial score (nSPS) is 30.8. The first-order valence-corrected chi connectivity index (χ1v) is 8.58. The van der Waals surface area contributed by atoms with E-state index in [-0.39, 0.29) is 0 Å². The van der Waals surface area contributed by atoms with E-state index in [0.29, 0.717) is 6.04 Å². The van der Waals surface area contributed by atoms with E-state index in [0.717, 1.165) is 17.8 Å². The molecule has 0 aromatic heterocycles. The highest BCUT2D eigenvalue weighted by Gasteiger charge is 2.29. The Bertz CT molecular complexity index is 284. The molecule has 19 heavy (non-hydrogen) atoms. The minimum Gasteiger partial charge on any atom is -0.313 e. The summed E-state index contributed by atoms with van der Waals surface area (Å²) in [5.41, 5.74) is 1.73. The summed E-state index contributed by atoms with van der Waals surface area (Å²) < 4.78 is 0. The molecule has 0 radical (unpaired) electrons. The predicted octanol–water partition coefficient (Wildman–Crippen LogP) is 4.93. The largest absolute Gasteiger partial charge is 0.313 e. The first-order chi connectivity index (χ1) is 9.22. The van der Waals surface area contributed by atoms with Crippen LogP contribution >= 0.6 is 0 Å². The van der Waals surface area contributed by atoms with Gasteiger partial charge in [-0.3, -0.25) is 0 Å².